The Kier molecular flexibility index (Phi) is 6.62. The minimum absolute atomic E-state index is 0.914. The molecular weight excluding hydrogens is 398 g/mol. The normalized spacial score (nSPS) is 10.8. The highest BCUT2D eigenvalue weighted by atomic mass is 79.9. The van der Waals surface area contributed by atoms with Crippen molar-refractivity contribution in [1.29, 1.82) is 0 Å². The van der Waals surface area contributed by atoms with Crippen LogP contribution in [0.5, 0.6) is 0 Å². The summed E-state index contributed by atoms with van der Waals surface area (Å²) in [6.07, 6.45) is 1.16. The first-order chi connectivity index (χ1) is 9.69. The third-order valence-electron chi connectivity index (χ3n) is 2.80. The first-order valence-corrected chi connectivity index (χ1v) is 9.02. The van der Waals surface area contributed by atoms with Crippen LogP contribution in [0.25, 0.3) is 0 Å². The molecule has 0 saturated carbocycles. The third kappa shape index (κ3) is 4.92. The van der Waals surface area contributed by atoms with Crippen molar-refractivity contribution in [2.24, 2.45) is 0 Å². The minimum atomic E-state index is 0.914. The molecule has 2 aromatic carbocycles. The van der Waals surface area contributed by atoms with Crippen molar-refractivity contribution in [2.45, 2.75) is 29.7 Å². The maximum atomic E-state index is 3.56. The van der Waals surface area contributed by atoms with Crippen LogP contribution >= 0.6 is 43.6 Å². The predicted octanol–water partition coefficient (Wildman–Crippen LogP) is 5.86. The van der Waals surface area contributed by atoms with E-state index in [0.29, 0.717) is 0 Å². The summed E-state index contributed by atoms with van der Waals surface area (Å²) in [7, 11) is 0. The van der Waals surface area contributed by atoms with E-state index >= 15 is 0 Å². The van der Waals surface area contributed by atoms with Gasteiger partial charge in [0.2, 0.25) is 0 Å². The van der Waals surface area contributed by atoms with Crippen molar-refractivity contribution < 1.29 is 0 Å². The van der Waals surface area contributed by atoms with Crippen molar-refractivity contribution in [3.05, 3.63) is 57.0 Å². The van der Waals surface area contributed by atoms with Crippen LogP contribution in [0.1, 0.15) is 18.9 Å². The molecule has 0 fully saturated rings. The zero-order chi connectivity index (χ0) is 14.4. The van der Waals surface area contributed by atoms with Gasteiger partial charge in [-0.05, 0) is 48.9 Å². The Labute approximate surface area is 141 Å². The summed E-state index contributed by atoms with van der Waals surface area (Å²) in [5.41, 5.74) is 1.34. The lowest BCUT2D eigenvalue weighted by Crippen LogP contribution is -2.14. The van der Waals surface area contributed by atoms with Gasteiger partial charge in [0.05, 0.1) is 0 Å². The Morgan fingerprint density at radius 3 is 2.60 bits per heavy atom. The monoisotopic (exact) mass is 413 g/mol. The van der Waals surface area contributed by atoms with Crippen molar-refractivity contribution in [1.82, 2.24) is 5.32 Å². The largest absolute Gasteiger partial charge is 0.313 e. The Morgan fingerprint density at radius 1 is 1.05 bits per heavy atom. The smallest absolute Gasteiger partial charge is 0.0216 e. The zero-order valence-corrected chi connectivity index (χ0v) is 15.3. The van der Waals surface area contributed by atoms with Gasteiger partial charge in [0.25, 0.3) is 0 Å². The second kappa shape index (κ2) is 8.23. The number of hydrogen-bond donors (Lipinski definition) is 1. The molecule has 0 heterocycles. The van der Waals surface area contributed by atoms with Gasteiger partial charge in [-0.1, -0.05) is 62.7 Å². The molecule has 0 radical (unpaired) electrons. The molecule has 0 unspecified atom stereocenters. The fourth-order valence-corrected chi connectivity index (χ4v) is 3.93. The van der Waals surface area contributed by atoms with E-state index in [2.05, 4.69) is 86.6 Å². The maximum absolute atomic E-state index is 3.56. The molecule has 0 spiro atoms. The fraction of sp³-hybridized carbons (Fsp3) is 0.250. The SMILES string of the molecule is CCCNCc1ccc(Br)cc1Sc1cccc(Br)c1. The number of halogens is 2. The molecule has 0 aromatic heterocycles. The topological polar surface area (TPSA) is 12.0 Å². The van der Waals surface area contributed by atoms with Gasteiger partial charge >= 0.3 is 0 Å². The summed E-state index contributed by atoms with van der Waals surface area (Å²) in [4.78, 5) is 2.54. The molecule has 0 bridgehead atoms. The van der Waals surface area contributed by atoms with Gasteiger partial charge in [-0.15, -0.1) is 0 Å². The first-order valence-electron chi connectivity index (χ1n) is 6.61. The molecule has 2 aromatic rings. The fourth-order valence-electron chi connectivity index (χ4n) is 1.83. The van der Waals surface area contributed by atoms with E-state index in [-0.39, 0.29) is 0 Å². The van der Waals surface area contributed by atoms with E-state index in [0.717, 1.165) is 28.5 Å². The summed E-state index contributed by atoms with van der Waals surface area (Å²) < 4.78 is 2.23. The van der Waals surface area contributed by atoms with Crippen LogP contribution in [0.2, 0.25) is 0 Å². The van der Waals surface area contributed by atoms with Crippen LogP contribution < -0.4 is 5.32 Å². The highest BCUT2D eigenvalue weighted by molar-refractivity contribution is 9.10. The molecule has 1 N–H and O–H groups in total. The average molecular weight is 415 g/mol. The van der Waals surface area contributed by atoms with E-state index in [1.807, 2.05) is 0 Å². The van der Waals surface area contributed by atoms with Crippen LogP contribution in [-0.4, -0.2) is 6.54 Å². The van der Waals surface area contributed by atoms with Gasteiger partial charge in [-0.3, -0.25) is 0 Å². The van der Waals surface area contributed by atoms with Gasteiger partial charge in [-0.2, -0.15) is 0 Å². The molecular formula is C16H17Br2NS. The summed E-state index contributed by atoms with van der Waals surface area (Å²) in [6.45, 7) is 4.15. The predicted molar refractivity (Wildman–Crippen MR) is 94.4 cm³/mol. The molecule has 106 valence electrons. The minimum Gasteiger partial charge on any atom is -0.313 e. The Hall–Kier alpha value is -0.290. The van der Waals surface area contributed by atoms with Crippen LogP contribution in [0.3, 0.4) is 0 Å². The van der Waals surface area contributed by atoms with Gasteiger partial charge < -0.3 is 5.32 Å². The molecule has 0 aliphatic rings. The van der Waals surface area contributed by atoms with Crippen LogP contribution in [0, 0.1) is 0 Å². The highest BCUT2D eigenvalue weighted by Crippen LogP contribution is 2.33. The average Bonchev–Trinajstić information content (AvgIpc) is 2.41. The standard InChI is InChI=1S/C16H17Br2NS/c1-2-8-19-11-12-6-7-14(18)10-16(12)20-15-5-3-4-13(17)9-15/h3-7,9-10,19H,2,8,11H2,1H3. The lowest BCUT2D eigenvalue weighted by Gasteiger charge is -2.11. The van der Waals surface area contributed by atoms with Gasteiger partial charge in [0, 0.05) is 25.3 Å². The Balaban J connectivity index is 2.18. The molecule has 0 aliphatic heterocycles. The molecule has 0 aliphatic carbocycles. The molecule has 2 rings (SSSR count). The van der Waals surface area contributed by atoms with Crippen LogP contribution in [0.15, 0.2) is 61.2 Å². The maximum Gasteiger partial charge on any atom is 0.0216 e. The van der Waals surface area contributed by atoms with Crippen molar-refractivity contribution in [3.8, 4) is 0 Å². The van der Waals surface area contributed by atoms with Crippen molar-refractivity contribution in [2.75, 3.05) is 6.54 Å². The van der Waals surface area contributed by atoms with Crippen molar-refractivity contribution >= 4 is 43.6 Å². The molecule has 1 nitrogen and oxygen atoms in total. The number of hydrogen-bond acceptors (Lipinski definition) is 2. The molecule has 4 heteroatoms. The first kappa shape index (κ1) is 16.1. The Morgan fingerprint density at radius 2 is 1.85 bits per heavy atom. The van der Waals surface area contributed by atoms with Crippen molar-refractivity contribution in [3.63, 3.8) is 0 Å². The summed E-state index contributed by atoms with van der Waals surface area (Å²) in [5.74, 6) is 0. The second-order valence-corrected chi connectivity index (χ2v) is 7.43. The highest BCUT2D eigenvalue weighted by Gasteiger charge is 2.06. The summed E-state index contributed by atoms with van der Waals surface area (Å²) in [6, 6.07) is 14.9. The zero-order valence-electron chi connectivity index (χ0n) is 11.3. The summed E-state index contributed by atoms with van der Waals surface area (Å²) in [5, 5.41) is 3.47. The molecule has 20 heavy (non-hydrogen) atoms. The van der Waals surface area contributed by atoms with E-state index in [1.165, 1.54) is 15.4 Å². The number of rotatable bonds is 6. The number of nitrogens with one attached hydrogen (secondary N) is 1. The van der Waals surface area contributed by atoms with Crippen LogP contribution in [0.4, 0.5) is 0 Å². The van der Waals surface area contributed by atoms with E-state index in [1.54, 1.807) is 11.8 Å². The molecule has 0 saturated heterocycles. The summed E-state index contributed by atoms with van der Waals surface area (Å²) >= 11 is 8.89. The molecule has 0 amide bonds. The Bertz CT molecular complexity index is 572. The third-order valence-corrected chi connectivity index (χ3v) is 4.87. The van der Waals surface area contributed by atoms with E-state index < -0.39 is 0 Å². The second-order valence-electron chi connectivity index (χ2n) is 4.49. The van der Waals surface area contributed by atoms with Gasteiger partial charge in [0.15, 0.2) is 0 Å². The lowest BCUT2D eigenvalue weighted by molar-refractivity contribution is 0.669. The number of benzene rings is 2. The molecule has 0 atom stereocenters. The quantitative estimate of drug-likeness (QED) is 0.593. The van der Waals surface area contributed by atoms with Gasteiger partial charge in [-0.25, -0.2) is 0 Å². The van der Waals surface area contributed by atoms with E-state index in [4.69, 9.17) is 0 Å². The van der Waals surface area contributed by atoms with Gasteiger partial charge in [0.1, 0.15) is 0 Å². The lowest BCUT2D eigenvalue weighted by atomic mass is 10.2. The van der Waals surface area contributed by atoms with Crippen LogP contribution in [-0.2, 0) is 6.54 Å². The van der Waals surface area contributed by atoms with E-state index in [9.17, 15) is 0 Å².